The van der Waals surface area contributed by atoms with E-state index in [1.54, 1.807) is 0 Å². The molecule has 0 aliphatic carbocycles. The number of carboxylic acids is 1. The van der Waals surface area contributed by atoms with Crippen LogP contribution in [0.1, 0.15) is 23.2 Å². The Balaban J connectivity index is 2.24. The molecule has 8 heteroatoms. The normalized spacial score (nSPS) is 18.2. The van der Waals surface area contributed by atoms with Gasteiger partial charge in [-0.2, -0.15) is 0 Å². The van der Waals surface area contributed by atoms with Crippen molar-refractivity contribution < 1.29 is 19.9 Å². The molecule has 0 bridgehead atoms. The average molecular weight is 281 g/mol. The number of aliphatic hydroxyl groups is 1. The number of nitro groups is 1. The first-order valence-corrected chi connectivity index (χ1v) is 6.26. The molecule has 0 spiro atoms. The Morgan fingerprint density at radius 3 is 2.95 bits per heavy atom. The molecule has 2 N–H and O–H groups in total. The lowest BCUT2D eigenvalue weighted by molar-refractivity contribution is -0.385. The topological polar surface area (TPSA) is 117 Å². The average Bonchev–Trinajstić information content (AvgIpc) is 2.87. The Labute approximate surface area is 114 Å². The van der Waals surface area contributed by atoms with Crippen LogP contribution in [0.5, 0.6) is 0 Å². The molecule has 0 radical (unpaired) electrons. The van der Waals surface area contributed by atoms with Gasteiger partial charge in [-0.1, -0.05) is 0 Å². The summed E-state index contributed by atoms with van der Waals surface area (Å²) in [5.41, 5.74) is -0.863. The van der Waals surface area contributed by atoms with Crippen LogP contribution in [0.2, 0.25) is 0 Å². The molecule has 0 aromatic carbocycles. The lowest BCUT2D eigenvalue weighted by Gasteiger charge is -2.17. The van der Waals surface area contributed by atoms with E-state index < -0.39 is 16.6 Å². The van der Waals surface area contributed by atoms with E-state index in [0.29, 0.717) is 31.2 Å². The summed E-state index contributed by atoms with van der Waals surface area (Å²) in [6.07, 6.45) is 2.56. The molecule has 1 unspecified atom stereocenters. The summed E-state index contributed by atoms with van der Waals surface area (Å²) < 4.78 is 0. The largest absolute Gasteiger partial charge is 0.477 e. The minimum absolute atomic E-state index is 0.118. The zero-order chi connectivity index (χ0) is 14.7. The fourth-order valence-electron chi connectivity index (χ4n) is 2.39. The van der Waals surface area contributed by atoms with Crippen LogP contribution in [-0.2, 0) is 0 Å². The van der Waals surface area contributed by atoms with Gasteiger partial charge < -0.3 is 15.1 Å². The molecule has 8 nitrogen and oxygen atoms in total. The second-order valence-corrected chi connectivity index (χ2v) is 4.73. The van der Waals surface area contributed by atoms with Crippen molar-refractivity contribution in [1.82, 2.24) is 4.98 Å². The van der Waals surface area contributed by atoms with Gasteiger partial charge in [0, 0.05) is 25.8 Å². The van der Waals surface area contributed by atoms with Crippen molar-refractivity contribution in [3.05, 3.63) is 27.9 Å². The number of rotatable bonds is 5. The van der Waals surface area contributed by atoms with Crippen molar-refractivity contribution in [3.8, 4) is 0 Å². The Kier molecular flexibility index (Phi) is 4.14. The smallest absolute Gasteiger partial charge is 0.342 e. The maximum Gasteiger partial charge on any atom is 0.342 e. The van der Waals surface area contributed by atoms with Crippen LogP contribution in [0.4, 0.5) is 11.5 Å². The van der Waals surface area contributed by atoms with E-state index >= 15 is 0 Å². The highest BCUT2D eigenvalue weighted by atomic mass is 16.6. The predicted molar refractivity (Wildman–Crippen MR) is 69.9 cm³/mol. The molecule has 20 heavy (non-hydrogen) atoms. The number of aromatic nitrogens is 1. The summed E-state index contributed by atoms with van der Waals surface area (Å²) in [4.78, 5) is 26.9. The Bertz CT molecular complexity index is 534. The molecule has 2 heterocycles. The number of hydrogen-bond acceptors (Lipinski definition) is 6. The lowest BCUT2D eigenvalue weighted by Crippen LogP contribution is -2.21. The van der Waals surface area contributed by atoms with Crippen molar-refractivity contribution in [2.24, 2.45) is 5.92 Å². The number of nitrogens with zero attached hydrogens (tertiary/aromatic N) is 3. The molecule has 1 aromatic heterocycles. The summed E-state index contributed by atoms with van der Waals surface area (Å²) in [5, 5.41) is 28.7. The number of aliphatic hydroxyl groups excluding tert-OH is 1. The maximum absolute atomic E-state index is 11.1. The van der Waals surface area contributed by atoms with Crippen molar-refractivity contribution in [3.63, 3.8) is 0 Å². The fourth-order valence-corrected chi connectivity index (χ4v) is 2.39. The number of aromatic carboxylic acids is 1. The van der Waals surface area contributed by atoms with Crippen molar-refractivity contribution in [2.75, 3.05) is 24.6 Å². The van der Waals surface area contributed by atoms with Crippen LogP contribution in [0, 0.1) is 16.0 Å². The SMILES string of the molecule is O=C(O)c1cc(N2CCC(CCO)C2)ncc1[N+](=O)[O-]. The maximum atomic E-state index is 11.1. The summed E-state index contributed by atoms with van der Waals surface area (Å²) in [6, 6.07) is 1.24. The second-order valence-electron chi connectivity index (χ2n) is 4.73. The fraction of sp³-hybridized carbons (Fsp3) is 0.500. The molecular formula is C12H15N3O5. The first-order valence-electron chi connectivity index (χ1n) is 6.26. The Morgan fingerprint density at radius 2 is 2.35 bits per heavy atom. The van der Waals surface area contributed by atoms with E-state index in [-0.39, 0.29) is 12.2 Å². The van der Waals surface area contributed by atoms with E-state index in [0.717, 1.165) is 12.6 Å². The quantitative estimate of drug-likeness (QED) is 0.608. The molecule has 1 fully saturated rings. The van der Waals surface area contributed by atoms with Crippen LogP contribution in [-0.4, -0.2) is 45.8 Å². The molecule has 1 aliphatic rings. The van der Waals surface area contributed by atoms with E-state index in [2.05, 4.69) is 4.98 Å². The van der Waals surface area contributed by atoms with Crippen molar-refractivity contribution >= 4 is 17.5 Å². The molecule has 2 rings (SSSR count). The van der Waals surface area contributed by atoms with Gasteiger partial charge in [0.25, 0.3) is 0 Å². The minimum Gasteiger partial charge on any atom is -0.477 e. The van der Waals surface area contributed by atoms with Crippen LogP contribution < -0.4 is 4.90 Å². The van der Waals surface area contributed by atoms with Crippen LogP contribution >= 0.6 is 0 Å². The van der Waals surface area contributed by atoms with E-state index in [4.69, 9.17) is 10.2 Å². The number of hydrogen-bond donors (Lipinski definition) is 2. The molecule has 1 saturated heterocycles. The summed E-state index contributed by atoms with van der Waals surface area (Å²) in [7, 11) is 0. The van der Waals surface area contributed by atoms with Gasteiger partial charge in [0.2, 0.25) is 0 Å². The second kappa shape index (κ2) is 5.83. The lowest BCUT2D eigenvalue weighted by atomic mass is 10.1. The van der Waals surface area contributed by atoms with Gasteiger partial charge in [0.05, 0.1) is 4.92 Å². The van der Waals surface area contributed by atoms with Gasteiger partial charge >= 0.3 is 11.7 Å². The molecule has 1 aromatic rings. The third kappa shape index (κ3) is 2.85. The third-order valence-corrected chi connectivity index (χ3v) is 3.44. The molecular weight excluding hydrogens is 266 g/mol. The van der Waals surface area contributed by atoms with E-state index in [1.807, 2.05) is 4.90 Å². The van der Waals surface area contributed by atoms with Gasteiger partial charge in [-0.3, -0.25) is 10.1 Å². The highest BCUT2D eigenvalue weighted by molar-refractivity contribution is 5.93. The molecule has 0 amide bonds. The first kappa shape index (κ1) is 14.2. The predicted octanol–water partition coefficient (Wildman–Crippen LogP) is 0.897. The van der Waals surface area contributed by atoms with Gasteiger partial charge in [0.1, 0.15) is 17.6 Å². The van der Waals surface area contributed by atoms with Gasteiger partial charge in [0.15, 0.2) is 0 Å². The van der Waals surface area contributed by atoms with Crippen molar-refractivity contribution in [1.29, 1.82) is 0 Å². The number of carbonyl (C=O) groups is 1. The number of anilines is 1. The molecule has 0 saturated carbocycles. The van der Waals surface area contributed by atoms with Gasteiger partial charge in [-0.15, -0.1) is 0 Å². The monoisotopic (exact) mass is 281 g/mol. The van der Waals surface area contributed by atoms with E-state index in [9.17, 15) is 14.9 Å². The summed E-state index contributed by atoms with van der Waals surface area (Å²) in [5.74, 6) is -0.579. The van der Waals surface area contributed by atoms with Crippen LogP contribution in [0.25, 0.3) is 0 Å². The minimum atomic E-state index is -1.34. The van der Waals surface area contributed by atoms with Gasteiger partial charge in [-0.05, 0) is 18.8 Å². The van der Waals surface area contributed by atoms with Crippen molar-refractivity contribution in [2.45, 2.75) is 12.8 Å². The van der Waals surface area contributed by atoms with Crippen LogP contribution in [0.3, 0.4) is 0 Å². The third-order valence-electron chi connectivity index (χ3n) is 3.44. The Morgan fingerprint density at radius 1 is 1.60 bits per heavy atom. The van der Waals surface area contributed by atoms with Gasteiger partial charge in [-0.25, -0.2) is 9.78 Å². The number of pyridine rings is 1. The molecule has 1 atom stereocenters. The number of carboxylic acid groups (broad SMARTS) is 1. The van der Waals surface area contributed by atoms with E-state index in [1.165, 1.54) is 6.07 Å². The molecule has 108 valence electrons. The highest BCUT2D eigenvalue weighted by Crippen LogP contribution is 2.27. The van der Waals surface area contributed by atoms with Crippen LogP contribution in [0.15, 0.2) is 12.3 Å². The highest BCUT2D eigenvalue weighted by Gasteiger charge is 2.26. The molecule has 1 aliphatic heterocycles. The first-order chi connectivity index (χ1) is 9.52. The zero-order valence-electron chi connectivity index (χ0n) is 10.7. The standard InChI is InChI=1S/C12H15N3O5/c16-4-2-8-1-3-14(7-8)11-5-9(12(17)18)10(6-13-11)15(19)20/h5-6,8,16H,1-4,7H2,(H,17,18). The Hall–Kier alpha value is -2.22. The summed E-state index contributed by atoms with van der Waals surface area (Å²) >= 11 is 0. The summed E-state index contributed by atoms with van der Waals surface area (Å²) in [6.45, 7) is 1.49. The zero-order valence-corrected chi connectivity index (χ0v) is 10.7.